The number of aliphatic hydroxyl groups is 9. The highest BCUT2D eigenvalue weighted by Crippen LogP contribution is 2.50. The maximum atomic E-state index is 10.0. The monoisotopic (exact) mass is 1510 g/mol. The van der Waals surface area contributed by atoms with Crippen LogP contribution in [0.2, 0.25) is 0 Å². The largest absolute Gasteiger partial charge is 0.393 e. The molecule has 9 saturated carbocycles. The molecule has 9 heteroatoms. The van der Waals surface area contributed by atoms with Gasteiger partial charge in [0.05, 0.1) is 54.9 Å². The van der Waals surface area contributed by atoms with Crippen LogP contribution in [0.5, 0.6) is 0 Å². The van der Waals surface area contributed by atoms with Gasteiger partial charge in [0.1, 0.15) is 0 Å². The lowest BCUT2D eigenvalue weighted by molar-refractivity contribution is -0.0191. The third kappa shape index (κ3) is 31.8. The van der Waals surface area contributed by atoms with Crippen molar-refractivity contribution in [3.63, 3.8) is 0 Å². The van der Waals surface area contributed by atoms with E-state index in [9.17, 15) is 46.0 Å². The Morgan fingerprint density at radius 2 is 0.806 bits per heavy atom. The molecule has 20 unspecified atom stereocenters. The minimum Gasteiger partial charge on any atom is -0.393 e. The van der Waals surface area contributed by atoms with Crippen molar-refractivity contribution < 1.29 is 46.0 Å². The van der Waals surface area contributed by atoms with E-state index in [4.69, 9.17) is 0 Å². The molecular formula is C99H180O9. The highest BCUT2D eigenvalue weighted by atomic mass is 16.3. The summed E-state index contributed by atoms with van der Waals surface area (Å²) in [5, 5.41) is 87.8. The van der Waals surface area contributed by atoms with E-state index < -0.39 is 0 Å². The lowest BCUT2D eigenvalue weighted by Gasteiger charge is -2.44. The van der Waals surface area contributed by atoms with Crippen LogP contribution in [0.15, 0.2) is 109 Å². The van der Waals surface area contributed by atoms with Crippen LogP contribution < -0.4 is 0 Å². The quantitative estimate of drug-likeness (QED) is 0.102. The van der Waals surface area contributed by atoms with Crippen LogP contribution in [-0.4, -0.2) is 101 Å². The van der Waals surface area contributed by atoms with E-state index >= 15 is 0 Å². The number of rotatable bonds is 9. The highest BCUT2D eigenvalue weighted by molar-refractivity contribution is 5.14. The summed E-state index contributed by atoms with van der Waals surface area (Å²) in [5.41, 5.74) is 11.9. The van der Waals surface area contributed by atoms with Crippen molar-refractivity contribution in [2.45, 2.75) is 415 Å². The molecule has 9 aliphatic carbocycles. The van der Waals surface area contributed by atoms with E-state index in [1.54, 1.807) is 0 Å². The van der Waals surface area contributed by atoms with Crippen LogP contribution in [0, 0.1) is 102 Å². The van der Waals surface area contributed by atoms with Gasteiger partial charge in [0.15, 0.2) is 0 Å². The van der Waals surface area contributed by atoms with Crippen LogP contribution in [0.1, 0.15) is 360 Å². The molecule has 0 radical (unpaired) electrons. The van der Waals surface area contributed by atoms with Gasteiger partial charge in [0.25, 0.3) is 0 Å². The summed E-state index contributed by atoms with van der Waals surface area (Å²) < 4.78 is 0. The Hall–Kier alpha value is -2.70. The molecule has 9 rings (SSSR count). The average molecular weight is 1510 g/mol. The first-order valence-electron chi connectivity index (χ1n) is 43.0. The lowest BCUT2D eigenvalue weighted by Crippen LogP contribution is -2.42. The minimum atomic E-state index is -0.191. The topological polar surface area (TPSA) is 182 Å². The second-order valence-electron chi connectivity index (χ2n) is 42.8. The van der Waals surface area contributed by atoms with Crippen molar-refractivity contribution in [1.29, 1.82) is 0 Å². The number of aliphatic hydroxyl groups excluding tert-OH is 9. The maximum Gasteiger partial charge on any atom is 0.0656 e. The fourth-order valence-electron chi connectivity index (χ4n) is 19.9. The fourth-order valence-corrected chi connectivity index (χ4v) is 19.9. The zero-order valence-corrected chi connectivity index (χ0v) is 75.9. The molecule has 0 spiro atoms. The van der Waals surface area contributed by atoms with Gasteiger partial charge in [0.2, 0.25) is 0 Å². The molecule has 0 saturated heterocycles. The van der Waals surface area contributed by atoms with Gasteiger partial charge in [-0.3, -0.25) is 0 Å². The second kappa shape index (κ2) is 43.9. The van der Waals surface area contributed by atoms with Crippen LogP contribution in [-0.2, 0) is 0 Å². The molecule has 9 aliphatic rings. The molecule has 0 aromatic rings. The van der Waals surface area contributed by atoms with Gasteiger partial charge in [-0.15, -0.1) is 0 Å². The molecule has 20 atom stereocenters. The third-order valence-electron chi connectivity index (χ3n) is 29.1. The van der Waals surface area contributed by atoms with Gasteiger partial charge in [-0.05, 0) is 302 Å². The van der Waals surface area contributed by atoms with Crippen LogP contribution in [0.4, 0.5) is 0 Å². The molecule has 108 heavy (non-hydrogen) atoms. The van der Waals surface area contributed by atoms with Crippen molar-refractivity contribution in [2.24, 2.45) is 102 Å². The average Bonchev–Trinajstić information content (AvgIpc) is 0.793. The zero-order chi connectivity index (χ0) is 84.2. The summed E-state index contributed by atoms with van der Waals surface area (Å²) in [6, 6.07) is 0. The SMILES string of the molecule is C=C(C)C1(C)C(C)CCCC1O.C=C(C)C1(C)CC(C)CCC1O.C=C(C)C1CC(O)CC(C)(C)C1.C=C(C)C1CC(O)CCC1(C)C.C=C(C)C1CCC(C)(C)C(O)C1.C=C(C)C1CCC(O)C(C)(C)C1.C=C(C)C1CCC(O)CC1(C)C.C=C(C)C1CCCC(C)(C)C1O.C=C(C)C1CCCC(O)C1(C)C. The number of hydrogen-bond acceptors (Lipinski definition) is 9. The van der Waals surface area contributed by atoms with Gasteiger partial charge in [-0.2, -0.15) is 0 Å². The normalized spacial score (nSPS) is 36.4. The summed E-state index contributed by atoms with van der Waals surface area (Å²) in [5.74, 6) is 4.94. The molecule has 9 nitrogen and oxygen atoms in total. The van der Waals surface area contributed by atoms with E-state index in [2.05, 4.69) is 225 Å². The smallest absolute Gasteiger partial charge is 0.0656 e. The Morgan fingerprint density at radius 1 is 0.296 bits per heavy atom. The Morgan fingerprint density at radius 3 is 1.21 bits per heavy atom. The van der Waals surface area contributed by atoms with E-state index in [0.29, 0.717) is 58.2 Å². The van der Waals surface area contributed by atoms with Gasteiger partial charge < -0.3 is 46.0 Å². The lowest BCUT2D eigenvalue weighted by atomic mass is 9.63. The minimum absolute atomic E-state index is 0.0301. The van der Waals surface area contributed by atoms with Crippen molar-refractivity contribution in [1.82, 2.24) is 0 Å². The van der Waals surface area contributed by atoms with Crippen molar-refractivity contribution in [3.8, 4) is 0 Å². The summed E-state index contributed by atoms with van der Waals surface area (Å²) in [7, 11) is 0. The summed E-state index contributed by atoms with van der Waals surface area (Å²) in [6.45, 7) is 93.8. The molecule has 630 valence electrons. The molecule has 0 aromatic heterocycles. The zero-order valence-electron chi connectivity index (χ0n) is 75.9. The van der Waals surface area contributed by atoms with E-state index in [-0.39, 0.29) is 92.8 Å². The predicted octanol–water partition coefficient (Wildman–Crippen LogP) is 24.7. The standard InChI is InChI=1S/9C11H20O/c1-8(2)9-5-10(12)7-11(3,4)6-9;1-8(2)10-7-9(12)5-6-11(10,3)4;1-8(2)10-6-5-9(12)7-11(10,3)4;1-8(2)9-5-6-11(3,4)10(12)7-9;1-8(2)9-5-6-10(12)11(3,4)7-9;1-8(2)11(4)7-9(3)5-6-10(11)12;1-8(2)9-6-5-7-11(3,4)10(9)12;1-8(2)9-6-5-7-10(12)11(9,3)4;1-8(2)11(4)9(3)6-5-7-10(11)12/h9*9-10,12H,1,5-7H2,2-4H3. The summed E-state index contributed by atoms with van der Waals surface area (Å²) in [6.07, 6.45) is 27.3. The molecule has 0 aromatic carbocycles. The predicted molar refractivity (Wildman–Crippen MR) is 467 cm³/mol. The molecule has 0 heterocycles. The Bertz CT molecular complexity index is 2810. The van der Waals surface area contributed by atoms with Gasteiger partial charge >= 0.3 is 0 Å². The van der Waals surface area contributed by atoms with Crippen LogP contribution in [0.25, 0.3) is 0 Å². The summed E-state index contributed by atoms with van der Waals surface area (Å²) in [4.78, 5) is 0. The van der Waals surface area contributed by atoms with Gasteiger partial charge in [-0.25, -0.2) is 0 Å². The van der Waals surface area contributed by atoms with Gasteiger partial charge in [0, 0.05) is 16.7 Å². The molecular weight excluding hydrogens is 1330 g/mol. The van der Waals surface area contributed by atoms with Crippen molar-refractivity contribution in [3.05, 3.63) is 109 Å². The van der Waals surface area contributed by atoms with E-state index in [0.717, 1.165) is 164 Å². The molecule has 9 N–H and O–H groups in total. The third-order valence-corrected chi connectivity index (χ3v) is 29.1. The van der Waals surface area contributed by atoms with E-state index in [1.807, 2.05) is 20.8 Å². The fraction of sp³-hybridized carbons (Fsp3) is 0.818. The van der Waals surface area contributed by atoms with Crippen LogP contribution in [0.3, 0.4) is 0 Å². The first-order valence-corrected chi connectivity index (χ1v) is 43.0. The second-order valence-corrected chi connectivity index (χ2v) is 42.8. The summed E-state index contributed by atoms with van der Waals surface area (Å²) >= 11 is 0. The first kappa shape index (κ1) is 103. The van der Waals surface area contributed by atoms with Gasteiger partial charge in [-0.1, -0.05) is 253 Å². The number of hydrogen-bond donors (Lipinski definition) is 9. The maximum absolute atomic E-state index is 10.0. The molecule has 9 fully saturated rings. The van der Waals surface area contributed by atoms with Crippen LogP contribution >= 0.6 is 0 Å². The van der Waals surface area contributed by atoms with E-state index in [1.165, 1.54) is 65.5 Å². The highest BCUT2D eigenvalue weighted by Gasteiger charge is 2.45. The Balaban J connectivity index is 0.000000607. The Kier molecular flexibility index (Phi) is 42.0. The Labute approximate surface area is 668 Å². The first-order chi connectivity index (χ1) is 49.0. The molecule has 0 bridgehead atoms. The molecule has 0 aliphatic heterocycles. The molecule has 0 amide bonds. The van der Waals surface area contributed by atoms with Crippen molar-refractivity contribution in [2.75, 3.05) is 0 Å². The number of allylic oxidation sites excluding steroid dienone is 6. The van der Waals surface area contributed by atoms with Crippen molar-refractivity contribution >= 4 is 0 Å².